The van der Waals surface area contributed by atoms with Crippen LogP contribution in [0.4, 0.5) is 9.39 Å². The number of pyridine rings is 1. The van der Waals surface area contributed by atoms with E-state index in [0.717, 1.165) is 4.88 Å². The summed E-state index contributed by atoms with van der Waals surface area (Å²) >= 11 is 1.22. The van der Waals surface area contributed by atoms with Crippen molar-refractivity contribution in [1.82, 2.24) is 4.98 Å². The van der Waals surface area contributed by atoms with Crippen molar-refractivity contribution in [3.8, 4) is 0 Å². The van der Waals surface area contributed by atoms with Crippen LogP contribution >= 0.6 is 11.3 Å². The molecule has 0 unspecified atom stereocenters. The predicted molar refractivity (Wildman–Crippen MR) is 77.2 cm³/mol. The topological polar surface area (TPSA) is 68.3 Å². The number of esters is 1. The Balaban J connectivity index is 2.26. The van der Waals surface area contributed by atoms with E-state index in [1.807, 2.05) is 0 Å². The third-order valence-electron chi connectivity index (χ3n) is 2.58. The van der Waals surface area contributed by atoms with Gasteiger partial charge < -0.3 is 10.1 Å². The van der Waals surface area contributed by atoms with Crippen molar-refractivity contribution in [3.05, 3.63) is 46.3 Å². The smallest absolute Gasteiger partial charge is 0.341 e. The highest BCUT2D eigenvalue weighted by Crippen LogP contribution is 2.28. The van der Waals surface area contributed by atoms with Crippen LogP contribution in [0.5, 0.6) is 0 Å². The molecule has 0 radical (unpaired) electrons. The molecule has 0 saturated heterocycles. The maximum absolute atomic E-state index is 13.5. The van der Waals surface area contributed by atoms with Crippen LogP contribution in [0.15, 0.2) is 24.4 Å². The minimum atomic E-state index is -0.860. The minimum Gasteiger partial charge on any atom is -0.462 e. The number of thiophene rings is 1. The summed E-state index contributed by atoms with van der Waals surface area (Å²) in [6.07, 6.45) is 1.26. The average Bonchev–Trinajstić information content (AvgIpc) is 2.80. The van der Waals surface area contributed by atoms with Crippen LogP contribution in [0.1, 0.15) is 32.5 Å². The Labute approximate surface area is 124 Å². The maximum Gasteiger partial charge on any atom is 0.341 e. The van der Waals surface area contributed by atoms with E-state index >= 15 is 0 Å². The van der Waals surface area contributed by atoms with Gasteiger partial charge in [0.1, 0.15) is 5.00 Å². The number of rotatable bonds is 4. The molecule has 0 atom stereocenters. The molecule has 0 aliphatic rings. The summed E-state index contributed by atoms with van der Waals surface area (Å²) in [6, 6.07) is 4.41. The zero-order chi connectivity index (χ0) is 15.4. The Hall–Kier alpha value is -2.28. The molecular formula is C14H13FN2O3S. The second-order valence-corrected chi connectivity index (χ2v) is 5.37. The fraction of sp³-hybridized carbons (Fsp3) is 0.214. The van der Waals surface area contributed by atoms with Gasteiger partial charge in [-0.2, -0.15) is 4.39 Å². The van der Waals surface area contributed by atoms with E-state index in [9.17, 15) is 14.0 Å². The molecule has 2 rings (SSSR count). The molecule has 0 saturated carbocycles. The molecule has 0 fully saturated rings. The quantitative estimate of drug-likeness (QED) is 0.696. The molecule has 1 amide bonds. The molecule has 2 heterocycles. The van der Waals surface area contributed by atoms with E-state index < -0.39 is 17.8 Å². The first-order valence-corrected chi connectivity index (χ1v) is 7.04. The molecule has 2 aromatic heterocycles. The SMILES string of the molecule is CCOC(=O)c1cc(C)sc1NC(=O)c1cccnc1F. The zero-order valence-corrected chi connectivity index (χ0v) is 12.3. The van der Waals surface area contributed by atoms with Crippen molar-refractivity contribution in [2.24, 2.45) is 0 Å². The molecule has 7 heteroatoms. The Morgan fingerprint density at radius 2 is 2.19 bits per heavy atom. The van der Waals surface area contributed by atoms with Gasteiger partial charge in [0, 0.05) is 11.1 Å². The monoisotopic (exact) mass is 308 g/mol. The van der Waals surface area contributed by atoms with E-state index in [4.69, 9.17) is 4.74 Å². The number of halogens is 1. The van der Waals surface area contributed by atoms with Crippen molar-refractivity contribution in [2.45, 2.75) is 13.8 Å². The Morgan fingerprint density at radius 1 is 1.43 bits per heavy atom. The summed E-state index contributed by atoms with van der Waals surface area (Å²) in [6.45, 7) is 3.73. The summed E-state index contributed by atoms with van der Waals surface area (Å²) in [5.41, 5.74) is 0.0790. The maximum atomic E-state index is 13.5. The molecule has 0 aliphatic heterocycles. The molecule has 2 aromatic rings. The third-order valence-corrected chi connectivity index (χ3v) is 3.55. The van der Waals surface area contributed by atoms with Crippen LogP contribution in [0, 0.1) is 12.9 Å². The first-order chi connectivity index (χ1) is 10.0. The van der Waals surface area contributed by atoms with Gasteiger partial charge in [-0.25, -0.2) is 9.78 Å². The third kappa shape index (κ3) is 3.43. The molecule has 0 aromatic carbocycles. The lowest BCUT2D eigenvalue weighted by Gasteiger charge is -2.06. The molecule has 1 N–H and O–H groups in total. The number of anilines is 1. The number of carbonyl (C=O) groups is 2. The number of amides is 1. The number of hydrogen-bond donors (Lipinski definition) is 1. The van der Waals surface area contributed by atoms with Crippen LogP contribution in [0.25, 0.3) is 0 Å². The van der Waals surface area contributed by atoms with Gasteiger partial charge in [0.25, 0.3) is 5.91 Å². The lowest BCUT2D eigenvalue weighted by molar-refractivity contribution is 0.0528. The van der Waals surface area contributed by atoms with Crippen LogP contribution in [-0.4, -0.2) is 23.5 Å². The minimum absolute atomic E-state index is 0.182. The number of carbonyl (C=O) groups excluding carboxylic acids is 2. The van der Waals surface area contributed by atoms with Gasteiger partial charge in [0.15, 0.2) is 0 Å². The molecule has 110 valence electrons. The van der Waals surface area contributed by atoms with Gasteiger partial charge in [-0.3, -0.25) is 4.79 Å². The molecule has 0 bridgehead atoms. The molecule has 0 spiro atoms. The van der Waals surface area contributed by atoms with Gasteiger partial charge >= 0.3 is 5.97 Å². The fourth-order valence-corrected chi connectivity index (χ4v) is 2.59. The second kappa shape index (κ2) is 6.45. The van der Waals surface area contributed by atoms with Gasteiger partial charge in [-0.1, -0.05) is 0 Å². The summed E-state index contributed by atoms with van der Waals surface area (Å²) < 4.78 is 18.4. The normalized spacial score (nSPS) is 10.2. The lowest BCUT2D eigenvalue weighted by Crippen LogP contribution is -2.16. The van der Waals surface area contributed by atoms with E-state index in [2.05, 4.69) is 10.3 Å². The number of nitrogens with one attached hydrogen (secondary N) is 1. The van der Waals surface area contributed by atoms with Crippen molar-refractivity contribution in [3.63, 3.8) is 0 Å². The fourth-order valence-electron chi connectivity index (χ4n) is 1.69. The van der Waals surface area contributed by atoms with E-state index in [1.165, 1.54) is 29.7 Å². The number of ether oxygens (including phenoxy) is 1. The van der Waals surface area contributed by atoms with Crippen molar-refractivity contribution < 1.29 is 18.7 Å². The van der Waals surface area contributed by atoms with Gasteiger partial charge in [0.2, 0.25) is 5.95 Å². The number of aromatic nitrogens is 1. The number of hydrogen-bond acceptors (Lipinski definition) is 5. The predicted octanol–water partition coefficient (Wildman–Crippen LogP) is 3.02. The zero-order valence-electron chi connectivity index (χ0n) is 11.5. The number of nitrogens with zero attached hydrogens (tertiary/aromatic N) is 1. The molecule has 5 nitrogen and oxygen atoms in total. The van der Waals surface area contributed by atoms with Gasteiger partial charge in [0.05, 0.1) is 17.7 Å². The summed E-state index contributed by atoms with van der Waals surface area (Å²) in [4.78, 5) is 28.1. The molecule has 21 heavy (non-hydrogen) atoms. The first-order valence-electron chi connectivity index (χ1n) is 6.22. The van der Waals surface area contributed by atoms with Crippen LogP contribution < -0.4 is 5.32 Å². The first kappa shape index (κ1) is 15.1. The Bertz CT molecular complexity index is 685. The van der Waals surface area contributed by atoms with E-state index in [-0.39, 0.29) is 17.7 Å². The number of aryl methyl sites for hydroxylation is 1. The Kier molecular flexibility index (Phi) is 4.64. The second-order valence-electron chi connectivity index (χ2n) is 4.12. The van der Waals surface area contributed by atoms with Crippen LogP contribution in [0.3, 0.4) is 0 Å². The molecule has 0 aliphatic carbocycles. The van der Waals surface area contributed by atoms with E-state index in [0.29, 0.717) is 5.00 Å². The standard InChI is InChI=1S/C14H13FN2O3S/c1-3-20-14(19)10-7-8(2)21-13(10)17-12(18)9-5-4-6-16-11(9)15/h4-7H,3H2,1-2H3,(H,17,18). The van der Waals surface area contributed by atoms with Crippen LogP contribution in [0.2, 0.25) is 0 Å². The van der Waals surface area contributed by atoms with E-state index in [1.54, 1.807) is 19.9 Å². The lowest BCUT2D eigenvalue weighted by atomic mass is 10.2. The highest BCUT2D eigenvalue weighted by molar-refractivity contribution is 7.16. The molecular weight excluding hydrogens is 295 g/mol. The summed E-state index contributed by atoms with van der Waals surface area (Å²) in [7, 11) is 0. The summed E-state index contributed by atoms with van der Waals surface area (Å²) in [5.74, 6) is -2.04. The van der Waals surface area contributed by atoms with Gasteiger partial charge in [-0.05, 0) is 32.0 Å². The highest BCUT2D eigenvalue weighted by Gasteiger charge is 2.20. The summed E-state index contributed by atoms with van der Waals surface area (Å²) in [5, 5.41) is 2.86. The largest absolute Gasteiger partial charge is 0.462 e. The average molecular weight is 308 g/mol. The van der Waals surface area contributed by atoms with Crippen molar-refractivity contribution in [1.29, 1.82) is 0 Å². The van der Waals surface area contributed by atoms with Crippen LogP contribution in [-0.2, 0) is 4.74 Å². The highest BCUT2D eigenvalue weighted by atomic mass is 32.1. The van der Waals surface area contributed by atoms with Crippen molar-refractivity contribution >= 4 is 28.2 Å². The van der Waals surface area contributed by atoms with Crippen molar-refractivity contribution in [2.75, 3.05) is 11.9 Å². The van der Waals surface area contributed by atoms with Gasteiger partial charge in [-0.15, -0.1) is 11.3 Å². The Morgan fingerprint density at radius 3 is 2.86 bits per heavy atom.